The third-order valence-corrected chi connectivity index (χ3v) is 2.00. The first kappa shape index (κ1) is 14.2. The van der Waals surface area contributed by atoms with Crippen LogP contribution in [0.1, 0.15) is 26.7 Å². The Hall–Kier alpha value is -0.810. The molecule has 0 aliphatic heterocycles. The van der Waals surface area contributed by atoms with Gasteiger partial charge in [0.1, 0.15) is 5.60 Å². The zero-order valence-electron chi connectivity index (χ0n) is 9.93. The molecule has 0 saturated heterocycles. The molecule has 0 heterocycles. The van der Waals surface area contributed by atoms with Gasteiger partial charge >= 0.3 is 6.09 Å². The van der Waals surface area contributed by atoms with Crippen molar-refractivity contribution in [2.75, 3.05) is 26.7 Å². The van der Waals surface area contributed by atoms with E-state index in [0.29, 0.717) is 13.1 Å². The number of rotatable bonds is 7. The summed E-state index contributed by atoms with van der Waals surface area (Å²) in [6.45, 7) is 5.70. The van der Waals surface area contributed by atoms with E-state index in [-0.39, 0.29) is 6.09 Å². The monoisotopic (exact) mass is 217 g/mol. The fourth-order valence-electron chi connectivity index (χ4n) is 1.16. The Morgan fingerprint density at radius 1 is 1.40 bits per heavy atom. The van der Waals surface area contributed by atoms with Crippen LogP contribution in [-0.4, -0.2) is 38.4 Å². The number of nitrogens with one attached hydrogen (secondary N) is 2. The van der Waals surface area contributed by atoms with Gasteiger partial charge in [0.05, 0.1) is 0 Å². The van der Waals surface area contributed by atoms with Crippen molar-refractivity contribution in [2.24, 2.45) is 5.73 Å². The molecule has 0 radical (unpaired) electrons. The highest BCUT2D eigenvalue weighted by Crippen LogP contribution is 2.15. The average Bonchev–Trinajstić information content (AvgIpc) is 2.14. The van der Waals surface area contributed by atoms with Crippen molar-refractivity contribution in [1.29, 1.82) is 0 Å². The predicted molar refractivity (Wildman–Crippen MR) is 60.8 cm³/mol. The Morgan fingerprint density at radius 3 is 2.60 bits per heavy atom. The summed E-state index contributed by atoms with van der Waals surface area (Å²) in [5.41, 5.74) is 4.96. The Labute approximate surface area is 91.7 Å². The van der Waals surface area contributed by atoms with Gasteiger partial charge in [-0.1, -0.05) is 0 Å². The molecular formula is C10H23N3O2. The standard InChI is InChI=1S/C10H23N3O2/c1-10(2,5-4-6-11)15-9(14)13-8-7-12-3/h12H,4-8,11H2,1-3H3,(H,13,14). The Morgan fingerprint density at radius 2 is 2.07 bits per heavy atom. The number of nitrogens with two attached hydrogens (primary N) is 1. The largest absolute Gasteiger partial charge is 0.444 e. The van der Waals surface area contributed by atoms with Crippen LogP contribution >= 0.6 is 0 Å². The van der Waals surface area contributed by atoms with Crippen molar-refractivity contribution in [3.05, 3.63) is 0 Å². The second-order valence-electron chi connectivity index (χ2n) is 4.07. The van der Waals surface area contributed by atoms with Gasteiger partial charge in [0.25, 0.3) is 0 Å². The molecule has 0 saturated carbocycles. The van der Waals surface area contributed by atoms with Crippen molar-refractivity contribution in [3.63, 3.8) is 0 Å². The van der Waals surface area contributed by atoms with Gasteiger partial charge < -0.3 is 21.1 Å². The van der Waals surface area contributed by atoms with Crippen LogP contribution in [0.4, 0.5) is 4.79 Å². The van der Waals surface area contributed by atoms with Gasteiger partial charge in [0, 0.05) is 13.1 Å². The lowest BCUT2D eigenvalue weighted by Gasteiger charge is -2.24. The maximum absolute atomic E-state index is 11.3. The van der Waals surface area contributed by atoms with E-state index < -0.39 is 5.60 Å². The van der Waals surface area contributed by atoms with E-state index in [1.54, 1.807) is 0 Å². The summed E-state index contributed by atoms with van der Waals surface area (Å²) in [4.78, 5) is 11.3. The van der Waals surface area contributed by atoms with Gasteiger partial charge in [-0.15, -0.1) is 0 Å². The molecule has 15 heavy (non-hydrogen) atoms. The zero-order chi connectivity index (χ0) is 11.7. The summed E-state index contributed by atoms with van der Waals surface area (Å²) < 4.78 is 5.25. The van der Waals surface area contributed by atoms with E-state index >= 15 is 0 Å². The predicted octanol–water partition coefficient (Wildman–Crippen LogP) is 0.450. The molecule has 0 bridgehead atoms. The number of carbonyl (C=O) groups is 1. The molecular weight excluding hydrogens is 194 g/mol. The number of likely N-dealkylation sites (N-methyl/N-ethyl adjacent to an activating group) is 1. The van der Waals surface area contributed by atoms with E-state index in [4.69, 9.17) is 10.5 Å². The SMILES string of the molecule is CNCCNC(=O)OC(C)(C)CCCN. The first-order chi connectivity index (χ1) is 7.02. The molecule has 5 nitrogen and oxygen atoms in total. The van der Waals surface area contributed by atoms with E-state index in [1.165, 1.54) is 0 Å². The van der Waals surface area contributed by atoms with Crippen molar-refractivity contribution >= 4 is 6.09 Å². The van der Waals surface area contributed by atoms with Gasteiger partial charge in [-0.2, -0.15) is 0 Å². The quantitative estimate of drug-likeness (QED) is 0.541. The molecule has 1 amide bonds. The van der Waals surface area contributed by atoms with Crippen molar-refractivity contribution in [3.8, 4) is 0 Å². The lowest BCUT2D eigenvalue weighted by Crippen LogP contribution is -2.37. The summed E-state index contributed by atoms with van der Waals surface area (Å²) in [6.07, 6.45) is 1.27. The van der Waals surface area contributed by atoms with Crippen LogP contribution in [0.5, 0.6) is 0 Å². The molecule has 0 aromatic carbocycles. The van der Waals surface area contributed by atoms with E-state index in [2.05, 4.69) is 10.6 Å². The Balaban J connectivity index is 3.72. The van der Waals surface area contributed by atoms with Crippen LogP contribution in [0.2, 0.25) is 0 Å². The first-order valence-electron chi connectivity index (χ1n) is 5.33. The molecule has 0 rings (SSSR count). The molecule has 4 N–H and O–H groups in total. The number of alkyl carbamates (subject to hydrolysis) is 1. The summed E-state index contributed by atoms with van der Waals surface area (Å²) in [7, 11) is 1.83. The minimum absolute atomic E-state index is 0.368. The zero-order valence-corrected chi connectivity index (χ0v) is 9.93. The Kier molecular flexibility index (Phi) is 7.07. The molecule has 0 aromatic heterocycles. The maximum atomic E-state index is 11.3. The Bertz CT molecular complexity index is 184. The second kappa shape index (κ2) is 7.48. The normalized spacial score (nSPS) is 11.2. The first-order valence-corrected chi connectivity index (χ1v) is 5.33. The van der Waals surface area contributed by atoms with Crippen LogP contribution in [0.25, 0.3) is 0 Å². The van der Waals surface area contributed by atoms with Crippen molar-refractivity contribution in [1.82, 2.24) is 10.6 Å². The topological polar surface area (TPSA) is 76.4 Å². The van der Waals surface area contributed by atoms with Crippen LogP contribution < -0.4 is 16.4 Å². The molecule has 0 fully saturated rings. The summed E-state index contributed by atoms with van der Waals surface area (Å²) in [5.74, 6) is 0. The van der Waals surface area contributed by atoms with E-state index in [9.17, 15) is 4.79 Å². The molecule has 0 spiro atoms. The molecule has 0 aliphatic rings. The number of hydrogen-bond acceptors (Lipinski definition) is 4. The summed E-state index contributed by atoms with van der Waals surface area (Å²) >= 11 is 0. The van der Waals surface area contributed by atoms with E-state index in [0.717, 1.165) is 19.4 Å². The van der Waals surface area contributed by atoms with Crippen LogP contribution in [0, 0.1) is 0 Å². The molecule has 5 heteroatoms. The fourth-order valence-corrected chi connectivity index (χ4v) is 1.16. The lowest BCUT2D eigenvalue weighted by molar-refractivity contribution is 0.0319. The van der Waals surface area contributed by atoms with Gasteiger partial charge in [0.15, 0.2) is 0 Å². The fraction of sp³-hybridized carbons (Fsp3) is 0.900. The summed E-state index contributed by atoms with van der Waals surface area (Å²) in [6, 6.07) is 0. The van der Waals surface area contributed by atoms with Gasteiger partial charge in [-0.25, -0.2) is 4.79 Å². The van der Waals surface area contributed by atoms with Gasteiger partial charge in [-0.05, 0) is 40.3 Å². The molecule has 0 atom stereocenters. The number of ether oxygens (including phenoxy) is 1. The van der Waals surface area contributed by atoms with Gasteiger partial charge in [-0.3, -0.25) is 0 Å². The third kappa shape index (κ3) is 8.20. The minimum atomic E-state index is -0.441. The molecule has 0 aromatic rings. The van der Waals surface area contributed by atoms with Crippen LogP contribution in [-0.2, 0) is 4.74 Å². The highest BCUT2D eigenvalue weighted by atomic mass is 16.6. The number of amides is 1. The number of hydrogen-bond donors (Lipinski definition) is 3. The second-order valence-corrected chi connectivity index (χ2v) is 4.07. The smallest absolute Gasteiger partial charge is 0.407 e. The number of carbonyl (C=O) groups excluding carboxylic acids is 1. The lowest BCUT2D eigenvalue weighted by atomic mass is 10.0. The van der Waals surface area contributed by atoms with Gasteiger partial charge in [0.2, 0.25) is 0 Å². The van der Waals surface area contributed by atoms with E-state index in [1.807, 2.05) is 20.9 Å². The molecule has 0 unspecified atom stereocenters. The summed E-state index contributed by atoms with van der Waals surface area (Å²) in [5, 5.41) is 5.59. The minimum Gasteiger partial charge on any atom is -0.444 e. The molecule has 0 aliphatic carbocycles. The van der Waals surface area contributed by atoms with Crippen molar-refractivity contribution in [2.45, 2.75) is 32.3 Å². The van der Waals surface area contributed by atoms with Crippen molar-refractivity contribution < 1.29 is 9.53 Å². The highest BCUT2D eigenvalue weighted by Gasteiger charge is 2.21. The van der Waals surface area contributed by atoms with Crippen LogP contribution in [0.15, 0.2) is 0 Å². The average molecular weight is 217 g/mol. The highest BCUT2D eigenvalue weighted by molar-refractivity contribution is 5.67. The van der Waals surface area contributed by atoms with Crippen LogP contribution in [0.3, 0.4) is 0 Å². The maximum Gasteiger partial charge on any atom is 0.407 e. The molecule has 90 valence electrons. The third-order valence-electron chi connectivity index (χ3n) is 2.00.